The number of esters is 1. The molecule has 1 aromatic carbocycles. The third kappa shape index (κ3) is 1.91. The SMILES string of the molecule is CCOC(=O)c1oc2c(Cl)cccc2c1C=O. The lowest BCUT2D eigenvalue weighted by Crippen LogP contribution is -2.05. The molecule has 4 nitrogen and oxygen atoms in total. The van der Waals surface area contributed by atoms with Crippen molar-refractivity contribution in [2.75, 3.05) is 6.61 Å². The molecule has 0 saturated heterocycles. The summed E-state index contributed by atoms with van der Waals surface area (Å²) in [6.45, 7) is 1.88. The maximum atomic E-state index is 11.6. The second-order valence-electron chi connectivity index (χ2n) is 3.30. The lowest BCUT2D eigenvalue weighted by molar-refractivity contribution is 0.0490. The van der Waals surface area contributed by atoms with E-state index in [1.165, 1.54) is 0 Å². The molecule has 0 bridgehead atoms. The zero-order chi connectivity index (χ0) is 12.4. The average Bonchev–Trinajstić information content (AvgIpc) is 2.69. The number of hydrogen-bond acceptors (Lipinski definition) is 4. The molecule has 0 spiro atoms. The Morgan fingerprint density at radius 2 is 2.29 bits per heavy atom. The van der Waals surface area contributed by atoms with Gasteiger partial charge in [-0.05, 0) is 13.0 Å². The number of aldehydes is 1. The predicted octanol–water partition coefficient (Wildman–Crippen LogP) is 3.08. The van der Waals surface area contributed by atoms with Gasteiger partial charge in [0, 0.05) is 5.39 Å². The van der Waals surface area contributed by atoms with Crippen molar-refractivity contribution in [3.63, 3.8) is 0 Å². The first kappa shape index (κ1) is 11.7. The molecule has 0 amide bonds. The van der Waals surface area contributed by atoms with Crippen LogP contribution in [0, 0.1) is 0 Å². The van der Waals surface area contributed by atoms with Crippen molar-refractivity contribution >= 4 is 34.8 Å². The van der Waals surface area contributed by atoms with Crippen LogP contribution < -0.4 is 0 Å². The van der Waals surface area contributed by atoms with Gasteiger partial charge in [-0.2, -0.15) is 0 Å². The Kier molecular flexibility index (Phi) is 3.15. The summed E-state index contributed by atoms with van der Waals surface area (Å²) in [7, 11) is 0. The van der Waals surface area contributed by atoms with Crippen molar-refractivity contribution in [2.24, 2.45) is 0 Å². The van der Waals surface area contributed by atoms with E-state index < -0.39 is 5.97 Å². The summed E-state index contributed by atoms with van der Waals surface area (Å²) in [6.07, 6.45) is 0.564. The number of benzene rings is 1. The normalized spacial score (nSPS) is 10.5. The minimum atomic E-state index is -0.665. The third-order valence-corrected chi connectivity index (χ3v) is 2.58. The fourth-order valence-corrected chi connectivity index (χ4v) is 1.78. The quantitative estimate of drug-likeness (QED) is 0.622. The van der Waals surface area contributed by atoms with Gasteiger partial charge in [-0.1, -0.05) is 23.7 Å². The lowest BCUT2D eigenvalue weighted by atomic mass is 10.1. The molecule has 0 N–H and O–H groups in total. The molecule has 0 aliphatic heterocycles. The second kappa shape index (κ2) is 4.59. The van der Waals surface area contributed by atoms with Gasteiger partial charge in [0.25, 0.3) is 0 Å². The van der Waals surface area contributed by atoms with Crippen molar-refractivity contribution in [3.05, 3.63) is 34.5 Å². The van der Waals surface area contributed by atoms with Crippen molar-refractivity contribution in [1.82, 2.24) is 0 Å². The van der Waals surface area contributed by atoms with Gasteiger partial charge < -0.3 is 9.15 Å². The first-order chi connectivity index (χ1) is 8.19. The van der Waals surface area contributed by atoms with Crippen LogP contribution in [0.1, 0.15) is 27.8 Å². The molecule has 0 radical (unpaired) electrons. The number of hydrogen-bond donors (Lipinski definition) is 0. The molecule has 88 valence electrons. The molecule has 2 rings (SSSR count). The van der Waals surface area contributed by atoms with Crippen LogP contribution in [0.5, 0.6) is 0 Å². The number of carbonyl (C=O) groups excluding carboxylic acids is 2. The standard InChI is InChI=1S/C12H9ClO4/c1-2-16-12(15)11-8(6-14)7-4-3-5-9(13)10(7)17-11/h3-6H,2H2,1H3. The summed E-state index contributed by atoms with van der Waals surface area (Å²) in [4.78, 5) is 22.6. The first-order valence-electron chi connectivity index (χ1n) is 5.02. The largest absolute Gasteiger partial charge is 0.460 e. The zero-order valence-corrected chi connectivity index (χ0v) is 9.78. The second-order valence-corrected chi connectivity index (χ2v) is 3.71. The molecular weight excluding hydrogens is 244 g/mol. The lowest BCUT2D eigenvalue weighted by Gasteiger charge is -1.97. The number of fused-ring (bicyclic) bond motifs is 1. The van der Waals surface area contributed by atoms with Crippen molar-refractivity contribution in [2.45, 2.75) is 6.92 Å². The van der Waals surface area contributed by atoms with Gasteiger partial charge in [0.05, 0.1) is 17.2 Å². The topological polar surface area (TPSA) is 56.5 Å². The van der Waals surface area contributed by atoms with Gasteiger partial charge in [0.2, 0.25) is 5.76 Å². The molecule has 1 aromatic heterocycles. The molecule has 0 unspecified atom stereocenters. The van der Waals surface area contributed by atoms with Crippen LogP contribution in [-0.4, -0.2) is 18.9 Å². The molecule has 0 fully saturated rings. The van der Waals surface area contributed by atoms with Crippen LogP contribution in [0.3, 0.4) is 0 Å². The van der Waals surface area contributed by atoms with Gasteiger partial charge >= 0.3 is 5.97 Å². The first-order valence-corrected chi connectivity index (χ1v) is 5.40. The summed E-state index contributed by atoms with van der Waals surface area (Å²) < 4.78 is 10.1. The average molecular weight is 253 g/mol. The monoisotopic (exact) mass is 252 g/mol. The highest BCUT2D eigenvalue weighted by atomic mass is 35.5. The molecule has 0 saturated carbocycles. The molecule has 1 heterocycles. The minimum Gasteiger partial charge on any atom is -0.460 e. The number of halogens is 1. The molecule has 0 aliphatic rings. The molecule has 5 heteroatoms. The third-order valence-electron chi connectivity index (χ3n) is 2.28. The van der Waals surface area contributed by atoms with E-state index >= 15 is 0 Å². The summed E-state index contributed by atoms with van der Waals surface area (Å²) >= 11 is 5.92. The number of rotatable bonds is 3. The van der Waals surface area contributed by atoms with E-state index in [1.54, 1.807) is 25.1 Å². The van der Waals surface area contributed by atoms with E-state index in [2.05, 4.69) is 0 Å². The van der Waals surface area contributed by atoms with Gasteiger partial charge in [-0.15, -0.1) is 0 Å². The smallest absolute Gasteiger partial charge is 0.375 e. The van der Waals surface area contributed by atoms with E-state index in [4.69, 9.17) is 20.8 Å². The Morgan fingerprint density at radius 1 is 1.53 bits per heavy atom. The summed E-state index contributed by atoms with van der Waals surface area (Å²) in [5.74, 6) is -0.771. The summed E-state index contributed by atoms with van der Waals surface area (Å²) in [5.41, 5.74) is 0.486. The van der Waals surface area contributed by atoms with Crippen molar-refractivity contribution in [1.29, 1.82) is 0 Å². The fourth-order valence-electron chi connectivity index (χ4n) is 1.57. The van der Waals surface area contributed by atoms with Gasteiger partial charge in [0.15, 0.2) is 11.9 Å². The molecule has 0 atom stereocenters. The zero-order valence-electron chi connectivity index (χ0n) is 9.03. The molecule has 0 aliphatic carbocycles. The van der Waals surface area contributed by atoms with E-state index in [0.29, 0.717) is 22.3 Å². The van der Waals surface area contributed by atoms with Crippen LogP contribution in [0.4, 0.5) is 0 Å². The van der Waals surface area contributed by atoms with Crippen LogP contribution in [0.15, 0.2) is 22.6 Å². The Morgan fingerprint density at radius 3 is 2.94 bits per heavy atom. The van der Waals surface area contributed by atoms with Gasteiger partial charge in [-0.25, -0.2) is 4.79 Å². The Labute approximate surface area is 102 Å². The Bertz CT molecular complexity index is 585. The fraction of sp³-hybridized carbons (Fsp3) is 0.167. The van der Waals surface area contributed by atoms with E-state index in [9.17, 15) is 9.59 Å². The molecule has 2 aromatic rings. The van der Waals surface area contributed by atoms with Crippen LogP contribution in [-0.2, 0) is 4.74 Å². The number of carbonyl (C=O) groups is 2. The van der Waals surface area contributed by atoms with Gasteiger partial charge in [0.1, 0.15) is 0 Å². The van der Waals surface area contributed by atoms with Crippen LogP contribution in [0.25, 0.3) is 11.0 Å². The number of para-hydroxylation sites is 1. The Hall–Kier alpha value is -1.81. The maximum absolute atomic E-state index is 11.6. The maximum Gasteiger partial charge on any atom is 0.375 e. The summed E-state index contributed by atoms with van der Waals surface area (Å²) in [5, 5.41) is 0.858. The molecule has 17 heavy (non-hydrogen) atoms. The van der Waals surface area contributed by atoms with Crippen molar-refractivity contribution in [3.8, 4) is 0 Å². The van der Waals surface area contributed by atoms with E-state index in [1.807, 2.05) is 0 Å². The van der Waals surface area contributed by atoms with Crippen molar-refractivity contribution < 1.29 is 18.7 Å². The Balaban J connectivity index is 2.68. The minimum absolute atomic E-state index is 0.107. The highest BCUT2D eigenvalue weighted by molar-refractivity contribution is 6.35. The van der Waals surface area contributed by atoms with E-state index in [-0.39, 0.29) is 17.9 Å². The highest BCUT2D eigenvalue weighted by Crippen LogP contribution is 2.30. The number of furan rings is 1. The van der Waals surface area contributed by atoms with Crippen LogP contribution >= 0.6 is 11.6 Å². The van der Waals surface area contributed by atoms with Gasteiger partial charge in [-0.3, -0.25) is 4.79 Å². The summed E-state index contributed by atoms with van der Waals surface area (Å²) in [6, 6.07) is 4.97. The predicted molar refractivity (Wildman–Crippen MR) is 62.6 cm³/mol. The number of ether oxygens (including phenoxy) is 1. The van der Waals surface area contributed by atoms with E-state index in [0.717, 1.165) is 0 Å². The van der Waals surface area contributed by atoms with Crippen LogP contribution in [0.2, 0.25) is 5.02 Å². The highest BCUT2D eigenvalue weighted by Gasteiger charge is 2.22. The molecular formula is C12H9ClO4.